The van der Waals surface area contributed by atoms with Gasteiger partial charge >= 0.3 is 5.97 Å². The molecule has 18 nitrogen and oxygen atoms in total. The summed E-state index contributed by atoms with van der Waals surface area (Å²) in [5.41, 5.74) is 1.02. The number of aliphatic carboxylic acids is 1. The number of likely N-dealkylation sites (tertiary alicyclic amines) is 1. The number of benzene rings is 4. The Morgan fingerprint density at radius 1 is 0.778 bits per heavy atom. The highest BCUT2D eigenvalue weighted by atomic mass is 79.9. The molecule has 1 aliphatic heterocycles. The third kappa shape index (κ3) is 16.6. The van der Waals surface area contributed by atoms with Crippen molar-refractivity contribution in [2.24, 2.45) is 0 Å². The summed E-state index contributed by atoms with van der Waals surface area (Å²) < 4.78 is 38.7. The molecule has 6 amide bonds. The van der Waals surface area contributed by atoms with Gasteiger partial charge in [0.05, 0.1) is 16.1 Å². The molecule has 388 valence electrons. The lowest BCUT2D eigenvalue weighted by molar-refractivity contribution is -0.142. The van der Waals surface area contributed by atoms with E-state index in [4.69, 9.17) is 4.74 Å². The molecule has 0 saturated carbocycles. The van der Waals surface area contributed by atoms with E-state index < -0.39 is 93.0 Å². The standard InChI is InChI=1S/C51H62Br2N6O12S/c1-6-12-39(55-46(63)40(25-30-20-22-31(23-21-30)29-72(68,69)70)56-45(62)34-26-36(52)44(71-5)37(53)27-34)50(67)59-24-11-18-42(59)49(66)57-41(28-33-15-9-14-32-13-7-8-16-35(32)33)47(64)54-38(17-10-19-43(60)61)48(65)58-51(2,3)4/h7-9,13-16,20-23,26-27,38-42H,6,10-12,17-19,24-25,28-29H2,1-5H3,(H,54,64)(H,55,63)(H,56,62)(H,57,66)(H,58,65)(H,60,61)(H,68,69,70)/t38-,39-,40-,41-,42-/m0/s1. The Balaban J connectivity index is 1.41. The molecule has 5 rings (SSSR count). The van der Waals surface area contributed by atoms with Gasteiger partial charge in [0.2, 0.25) is 29.5 Å². The molecule has 0 aliphatic carbocycles. The van der Waals surface area contributed by atoms with Gasteiger partial charge in [-0.3, -0.25) is 38.1 Å². The van der Waals surface area contributed by atoms with Crippen molar-refractivity contribution in [3.63, 3.8) is 0 Å². The largest absolute Gasteiger partial charge is 0.494 e. The van der Waals surface area contributed by atoms with Gasteiger partial charge in [-0.2, -0.15) is 8.42 Å². The zero-order valence-electron chi connectivity index (χ0n) is 40.8. The van der Waals surface area contributed by atoms with Crippen LogP contribution in [0.15, 0.2) is 87.8 Å². The molecule has 1 heterocycles. The Bertz CT molecular complexity index is 2720. The van der Waals surface area contributed by atoms with Crippen LogP contribution < -0.4 is 31.3 Å². The number of halogens is 2. The van der Waals surface area contributed by atoms with Crippen molar-refractivity contribution in [3.8, 4) is 5.75 Å². The van der Waals surface area contributed by atoms with Gasteiger partial charge in [-0.25, -0.2) is 0 Å². The molecule has 1 aliphatic rings. The molecule has 1 saturated heterocycles. The van der Waals surface area contributed by atoms with Crippen molar-refractivity contribution in [2.45, 2.75) is 127 Å². The number of hydrogen-bond acceptors (Lipinski definition) is 10. The summed E-state index contributed by atoms with van der Waals surface area (Å²) in [6.45, 7) is 7.29. The van der Waals surface area contributed by atoms with Gasteiger partial charge in [0.1, 0.15) is 41.7 Å². The van der Waals surface area contributed by atoms with Gasteiger partial charge in [-0.1, -0.05) is 80.1 Å². The van der Waals surface area contributed by atoms with Gasteiger partial charge in [-0.15, -0.1) is 0 Å². The first kappa shape index (κ1) is 57.0. The number of fused-ring (bicyclic) bond motifs is 1. The van der Waals surface area contributed by atoms with Gasteiger partial charge in [0.15, 0.2) is 0 Å². The smallest absolute Gasteiger partial charge is 0.303 e. The minimum Gasteiger partial charge on any atom is -0.494 e. The van der Waals surface area contributed by atoms with E-state index in [2.05, 4.69) is 58.4 Å². The molecule has 0 bridgehead atoms. The Morgan fingerprint density at radius 2 is 1.39 bits per heavy atom. The average Bonchev–Trinajstić information content (AvgIpc) is 3.80. The van der Waals surface area contributed by atoms with Crippen molar-refractivity contribution < 1.29 is 56.4 Å². The van der Waals surface area contributed by atoms with Gasteiger partial charge < -0.3 is 41.3 Å². The van der Waals surface area contributed by atoms with Crippen LogP contribution in [-0.2, 0) is 57.5 Å². The van der Waals surface area contributed by atoms with Crippen LogP contribution in [0.2, 0.25) is 0 Å². The highest BCUT2D eigenvalue weighted by molar-refractivity contribution is 9.11. The van der Waals surface area contributed by atoms with E-state index in [1.807, 2.05) is 49.4 Å². The number of carbonyl (C=O) groups excluding carboxylic acids is 6. The maximum absolute atomic E-state index is 14.6. The lowest BCUT2D eigenvalue weighted by atomic mass is 9.97. The Labute approximate surface area is 436 Å². The summed E-state index contributed by atoms with van der Waals surface area (Å²) in [5.74, 6) is -5.02. The molecule has 0 spiro atoms. The second-order valence-corrected chi connectivity index (χ2v) is 21.9. The number of carboxylic acids is 1. The normalized spacial score (nSPS) is 15.4. The number of nitrogens with one attached hydrogen (secondary N) is 5. The molecule has 21 heteroatoms. The summed E-state index contributed by atoms with van der Waals surface area (Å²) in [7, 11) is -2.86. The maximum atomic E-state index is 14.6. The van der Waals surface area contributed by atoms with Gasteiger partial charge in [-0.05, 0) is 124 Å². The SMILES string of the molecule is CCC[C@H](NC(=O)[C@H](Cc1ccc(CS(=O)(=O)O)cc1)NC(=O)c1cc(Br)c(OC)c(Br)c1)C(=O)N1CCC[C@H]1C(=O)N[C@@H](Cc1cccc2ccccc12)C(=O)N[C@@H](CCCC(=O)O)C(=O)NC(C)(C)C. The monoisotopic (exact) mass is 1140 g/mol. The second-order valence-electron chi connectivity index (χ2n) is 18.8. The van der Waals surface area contributed by atoms with E-state index in [0.717, 1.165) is 16.3 Å². The molecule has 7 N–H and O–H groups in total. The number of ether oxygens (including phenoxy) is 1. The first-order valence-corrected chi connectivity index (χ1v) is 26.7. The van der Waals surface area contributed by atoms with Crippen molar-refractivity contribution in [3.05, 3.63) is 110 Å². The van der Waals surface area contributed by atoms with E-state index in [9.17, 15) is 51.6 Å². The lowest BCUT2D eigenvalue weighted by Crippen LogP contribution is -2.59. The number of hydrogen-bond donors (Lipinski definition) is 7. The Hall–Kier alpha value is -5.90. The predicted molar refractivity (Wildman–Crippen MR) is 278 cm³/mol. The van der Waals surface area contributed by atoms with E-state index in [1.54, 1.807) is 32.9 Å². The number of rotatable bonds is 23. The van der Waals surface area contributed by atoms with Crippen LogP contribution in [0, 0.1) is 0 Å². The molecule has 1 fully saturated rings. The summed E-state index contributed by atoms with van der Waals surface area (Å²) >= 11 is 6.80. The Morgan fingerprint density at radius 3 is 2.00 bits per heavy atom. The lowest BCUT2D eigenvalue weighted by Gasteiger charge is -2.31. The number of carbonyl (C=O) groups is 7. The van der Waals surface area contributed by atoms with Crippen LogP contribution in [-0.4, -0.2) is 114 Å². The molecule has 4 aromatic rings. The van der Waals surface area contributed by atoms with E-state index in [0.29, 0.717) is 38.7 Å². The van der Waals surface area contributed by atoms with E-state index in [-0.39, 0.29) is 57.1 Å². The van der Waals surface area contributed by atoms with Crippen molar-refractivity contribution >= 4 is 94.2 Å². The maximum Gasteiger partial charge on any atom is 0.303 e. The Kier molecular flexibility index (Phi) is 20.3. The summed E-state index contributed by atoms with van der Waals surface area (Å²) in [6.07, 6.45) is 1.02. The fraction of sp³-hybridized carbons (Fsp3) is 0.431. The number of methoxy groups -OCH3 is 1. The van der Waals surface area contributed by atoms with Crippen LogP contribution in [0.4, 0.5) is 0 Å². The highest BCUT2D eigenvalue weighted by Gasteiger charge is 2.40. The zero-order chi connectivity index (χ0) is 52.9. The predicted octanol–water partition coefficient (Wildman–Crippen LogP) is 5.76. The topological polar surface area (TPSA) is 267 Å². The number of nitrogens with zero attached hydrogens (tertiary/aromatic N) is 1. The minimum absolute atomic E-state index is 0.00233. The van der Waals surface area contributed by atoms with Crippen LogP contribution in [0.5, 0.6) is 5.75 Å². The number of carboxylic acid groups (broad SMARTS) is 1. The molecule has 0 aromatic heterocycles. The summed E-state index contributed by atoms with van der Waals surface area (Å²) in [6, 6.07) is 16.3. The first-order valence-electron chi connectivity index (χ1n) is 23.6. The molecular weight excluding hydrogens is 1080 g/mol. The summed E-state index contributed by atoms with van der Waals surface area (Å²) in [4.78, 5) is 98.1. The van der Waals surface area contributed by atoms with Crippen molar-refractivity contribution in [1.82, 2.24) is 31.5 Å². The van der Waals surface area contributed by atoms with Crippen molar-refractivity contribution in [1.29, 1.82) is 0 Å². The number of amides is 6. The van der Waals surface area contributed by atoms with Crippen LogP contribution in [0.3, 0.4) is 0 Å². The third-order valence-electron chi connectivity index (χ3n) is 11.9. The zero-order valence-corrected chi connectivity index (χ0v) is 44.7. The van der Waals surface area contributed by atoms with E-state index in [1.165, 1.54) is 36.3 Å². The molecule has 4 aromatic carbocycles. The molecule has 0 radical (unpaired) electrons. The molecular formula is C51H62Br2N6O12S. The third-order valence-corrected chi connectivity index (χ3v) is 13.8. The average molecular weight is 1140 g/mol. The first-order chi connectivity index (χ1) is 34.0. The second kappa shape index (κ2) is 25.7. The fourth-order valence-electron chi connectivity index (χ4n) is 8.50. The van der Waals surface area contributed by atoms with Gasteiger partial charge in [0, 0.05) is 36.9 Å². The van der Waals surface area contributed by atoms with Crippen LogP contribution in [0.25, 0.3) is 10.8 Å². The van der Waals surface area contributed by atoms with Crippen LogP contribution in [0.1, 0.15) is 99.7 Å². The summed E-state index contributed by atoms with van der Waals surface area (Å²) in [5, 5.41) is 25.2. The fourth-order valence-corrected chi connectivity index (χ4v) is 10.6. The van der Waals surface area contributed by atoms with Crippen molar-refractivity contribution in [2.75, 3.05) is 13.7 Å². The molecule has 5 atom stereocenters. The minimum atomic E-state index is -4.32. The van der Waals surface area contributed by atoms with Gasteiger partial charge in [0.25, 0.3) is 16.0 Å². The quantitative estimate of drug-likeness (QED) is 0.0437. The van der Waals surface area contributed by atoms with Crippen LogP contribution >= 0.6 is 31.9 Å². The van der Waals surface area contributed by atoms with E-state index >= 15 is 0 Å². The molecule has 72 heavy (non-hydrogen) atoms. The molecule has 0 unspecified atom stereocenters. The highest BCUT2D eigenvalue weighted by Crippen LogP contribution is 2.34.